The molecule has 0 aliphatic carbocycles. The monoisotopic (exact) mass is 235 g/mol. The number of rotatable bonds is 5. The van der Waals surface area contributed by atoms with E-state index in [-0.39, 0.29) is 11.3 Å². The molecule has 0 aromatic heterocycles. The van der Waals surface area contributed by atoms with Gasteiger partial charge in [0.25, 0.3) is 0 Å². The average Bonchev–Trinajstić information content (AvgIpc) is 2.26. The lowest BCUT2D eigenvalue weighted by Gasteiger charge is -2.16. The van der Waals surface area contributed by atoms with Crippen molar-refractivity contribution in [2.45, 2.75) is 12.3 Å². The first-order valence-electron chi connectivity index (χ1n) is 4.23. The molecular weight excluding hydrogens is 228 g/mol. The smallest absolute Gasteiger partial charge is 0.340 e. The summed E-state index contributed by atoms with van der Waals surface area (Å²) in [4.78, 5) is 10.3. The first-order valence-corrected chi connectivity index (χ1v) is 4.23. The normalized spacial score (nSPS) is 11.6. The Morgan fingerprint density at radius 1 is 1.31 bits per heavy atom. The van der Waals surface area contributed by atoms with Crippen molar-refractivity contribution in [3.63, 3.8) is 0 Å². The molecule has 1 aromatic rings. The molecule has 6 heteroatoms. The van der Waals surface area contributed by atoms with Crippen molar-refractivity contribution in [2.75, 3.05) is 6.61 Å². The average molecular weight is 235 g/mol. The fourth-order valence-corrected chi connectivity index (χ4v) is 0.914. The molecule has 0 heterocycles. The van der Waals surface area contributed by atoms with Crippen molar-refractivity contribution in [3.8, 4) is 5.75 Å². The molecule has 0 bridgehead atoms. The quantitative estimate of drug-likeness (QED) is 0.732. The molecule has 0 aliphatic rings. The number of hydrogen-bond donors (Lipinski definition) is 0. The van der Waals surface area contributed by atoms with E-state index in [4.69, 9.17) is 0 Å². The van der Waals surface area contributed by atoms with E-state index < -0.39 is 19.0 Å². The second kappa shape index (κ2) is 4.96. The predicted molar refractivity (Wildman–Crippen MR) is 47.7 cm³/mol. The van der Waals surface area contributed by atoms with Gasteiger partial charge in [0.2, 0.25) is 6.29 Å². The van der Waals surface area contributed by atoms with Gasteiger partial charge in [0.05, 0.1) is 5.56 Å². The van der Waals surface area contributed by atoms with Crippen LogP contribution in [0, 0.1) is 0 Å². The van der Waals surface area contributed by atoms with Gasteiger partial charge in [0.1, 0.15) is 5.75 Å². The summed E-state index contributed by atoms with van der Waals surface area (Å²) in [6.07, 6.45) is -2.35. The third-order valence-electron chi connectivity index (χ3n) is 1.74. The molecule has 0 atom stereocenters. The maximum absolute atomic E-state index is 12.5. The molecule has 0 fully saturated rings. The molecule has 0 unspecified atom stereocenters. The minimum atomic E-state index is -4.24. The minimum absolute atomic E-state index is 0.0902. The van der Waals surface area contributed by atoms with Crippen LogP contribution in [0.15, 0.2) is 24.3 Å². The predicted octanol–water partition coefficient (Wildman–Crippen LogP) is 2.42. The Hall–Kier alpha value is -1.59. The SMILES string of the molecule is O=[C]c1ccccc1OCC(F)(F)C(F)F. The van der Waals surface area contributed by atoms with Crippen LogP contribution in [0.25, 0.3) is 0 Å². The maximum Gasteiger partial charge on any atom is 0.340 e. The van der Waals surface area contributed by atoms with Crippen LogP contribution in [-0.4, -0.2) is 25.2 Å². The van der Waals surface area contributed by atoms with Crippen LogP contribution in [0.3, 0.4) is 0 Å². The van der Waals surface area contributed by atoms with Gasteiger partial charge in [-0.2, -0.15) is 8.78 Å². The largest absolute Gasteiger partial charge is 0.486 e. The third kappa shape index (κ3) is 2.95. The number of ether oxygens (including phenoxy) is 1. The summed E-state index contributed by atoms with van der Waals surface area (Å²) in [7, 11) is 0. The van der Waals surface area contributed by atoms with Crippen molar-refractivity contribution in [3.05, 3.63) is 29.8 Å². The van der Waals surface area contributed by atoms with Crippen LogP contribution >= 0.6 is 0 Å². The topological polar surface area (TPSA) is 26.3 Å². The van der Waals surface area contributed by atoms with Gasteiger partial charge in [-0.3, -0.25) is 4.79 Å². The molecule has 87 valence electrons. The summed E-state index contributed by atoms with van der Waals surface area (Å²) in [5.41, 5.74) is -0.0902. The molecule has 1 aromatic carbocycles. The Labute approximate surface area is 88.8 Å². The standard InChI is InChI=1S/C10H7F4O2/c11-9(12)10(13,14)6-16-8-4-2-1-3-7(8)5-15/h1-4,9H,6H2. The Bertz CT molecular complexity index is 366. The van der Waals surface area contributed by atoms with Gasteiger partial charge in [-0.05, 0) is 12.1 Å². The highest BCUT2D eigenvalue weighted by molar-refractivity contribution is 5.79. The highest BCUT2D eigenvalue weighted by Crippen LogP contribution is 2.25. The zero-order chi connectivity index (χ0) is 12.2. The zero-order valence-corrected chi connectivity index (χ0v) is 7.92. The van der Waals surface area contributed by atoms with Gasteiger partial charge < -0.3 is 4.74 Å². The van der Waals surface area contributed by atoms with E-state index in [1.165, 1.54) is 30.6 Å². The highest BCUT2D eigenvalue weighted by atomic mass is 19.3. The Kier molecular flexibility index (Phi) is 3.87. The fraction of sp³-hybridized carbons (Fsp3) is 0.300. The van der Waals surface area contributed by atoms with Crippen molar-refractivity contribution in [1.29, 1.82) is 0 Å². The lowest BCUT2D eigenvalue weighted by molar-refractivity contribution is -0.148. The lowest BCUT2D eigenvalue weighted by Crippen LogP contribution is -2.33. The summed E-state index contributed by atoms with van der Waals surface area (Å²) >= 11 is 0. The van der Waals surface area contributed by atoms with Crippen LogP contribution in [0.1, 0.15) is 5.56 Å². The Balaban J connectivity index is 2.71. The van der Waals surface area contributed by atoms with Crippen molar-refractivity contribution < 1.29 is 27.1 Å². The van der Waals surface area contributed by atoms with Gasteiger partial charge >= 0.3 is 12.3 Å². The molecule has 0 N–H and O–H groups in total. The Morgan fingerprint density at radius 3 is 2.50 bits per heavy atom. The summed E-state index contributed by atoms with van der Waals surface area (Å²) in [6, 6.07) is 5.40. The van der Waals surface area contributed by atoms with E-state index in [1.807, 2.05) is 0 Å². The van der Waals surface area contributed by atoms with E-state index in [9.17, 15) is 22.4 Å². The molecular formula is C10H7F4O2. The van der Waals surface area contributed by atoms with Gasteiger partial charge in [-0.1, -0.05) is 12.1 Å². The fourth-order valence-electron chi connectivity index (χ4n) is 0.914. The summed E-state index contributed by atoms with van der Waals surface area (Å²) in [5, 5.41) is 0. The van der Waals surface area contributed by atoms with E-state index in [2.05, 4.69) is 4.74 Å². The molecule has 1 rings (SSSR count). The molecule has 0 saturated carbocycles. The van der Waals surface area contributed by atoms with E-state index in [1.54, 1.807) is 0 Å². The minimum Gasteiger partial charge on any atom is -0.486 e. The second-order valence-corrected chi connectivity index (χ2v) is 2.95. The van der Waals surface area contributed by atoms with Crippen LogP contribution < -0.4 is 4.74 Å². The van der Waals surface area contributed by atoms with Crippen LogP contribution in [0.4, 0.5) is 17.6 Å². The number of carbonyl (C=O) groups excluding carboxylic acids is 1. The van der Waals surface area contributed by atoms with Gasteiger partial charge in [0, 0.05) is 0 Å². The third-order valence-corrected chi connectivity index (χ3v) is 1.74. The summed E-state index contributed by atoms with van der Waals surface area (Å²) < 4.78 is 53.0. The number of hydrogen-bond acceptors (Lipinski definition) is 2. The first kappa shape index (κ1) is 12.5. The van der Waals surface area contributed by atoms with Crippen LogP contribution in [-0.2, 0) is 4.79 Å². The van der Waals surface area contributed by atoms with E-state index in [0.717, 1.165) is 0 Å². The first-order chi connectivity index (χ1) is 7.47. The lowest BCUT2D eigenvalue weighted by atomic mass is 10.2. The molecule has 1 radical (unpaired) electrons. The molecule has 2 nitrogen and oxygen atoms in total. The molecule has 0 saturated heterocycles. The number of para-hydroxylation sites is 1. The molecule has 16 heavy (non-hydrogen) atoms. The van der Waals surface area contributed by atoms with Gasteiger partial charge in [0.15, 0.2) is 6.61 Å². The van der Waals surface area contributed by atoms with Crippen molar-refractivity contribution in [2.24, 2.45) is 0 Å². The Morgan fingerprint density at radius 2 is 1.94 bits per heavy atom. The zero-order valence-electron chi connectivity index (χ0n) is 7.92. The number of benzene rings is 1. The maximum atomic E-state index is 12.5. The van der Waals surface area contributed by atoms with Gasteiger partial charge in [-0.15, -0.1) is 0 Å². The van der Waals surface area contributed by atoms with Crippen LogP contribution in [0.5, 0.6) is 5.75 Å². The van der Waals surface area contributed by atoms with Crippen molar-refractivity contribution in [1.82, 2.24) is 0 Å². The summed E-state index contributed by atoms with van der Waals surface area (Å²) in [5.74, 6) is -4.44. The van der Waals surface area contributed by atoms with E-state index in [0.29, 0.717) is 0 Å². The number of alkyl halides is 4. The molecule has 0 amide bonds. The summed E-state index contributed by atoms with van der Waals surface area (Å²) in [6.45, 7) is -1.48. The second-order valence-electron chi connectivity index (χ2n) is 2.95. The number of halogens is 4. The van der Waals surface area contributed by atoms with E-state index >= 15 is 0 Å². The molecule has 0 aliphatic heterocycles. The van der Waals surface area contributed by atoms with Crippen molar-refractivity contribution >= 4 is 6.29 Å². The van der Waals surface area contributed by atoms with Crippen LogP contribution in [0.2, 0.25) is 0 Å². The molecule has 0 spiro atoms. The highest BCUT2D eigenvalue weighted by Gasteiger charge is 2.41. The van der Waals surface area contributed by atoms with Gasteiger partial charge in [-0.25, -0.2) is 8.78 Å².